The van der Waals surface area contributed by atoms with Gasteiger partial charge in [-0.25, -0.2) is 4.79 Å². The molecule has 3 heterocycles. The summed E-state index contributed by atoms with van der Waals surface area (Å²) in [4.78, 5) is 39.4. The van der Waals surface area contributed by atoms with Gasteiger partial charge in [0.1, 0.15) is 0 Å². The molecular weight excluding hydrogens is 380 g/mol. The van der Waals surface area contributed by atoms with Gasteiger partial charge in [-0.3, -0.25) is 19.8 Å². The zero-order valence-electron chi connectivity index (χ0n) is 15.8. The van der Waals surface area contributed by atoms with Crippen molar-refractivity contribution in [1.82, 2.24) is 4.90 Å². The standard InChI is InChI=1S/C20H24N2O5S/c1-28-13-6-4-5-12(11-13)21-20(25)26-10-3-2-9-22-18(23)16-14-7-8-15(27-14)17(16)19(22)24/h4-6,11,14-17H,2-3,7-10H2,1H3,(H,21,25). The van der Waals surface area contributed by atoms with Crippen molar-refractivity contribution < 1.29 is 23.9 Å². The number of anilines is 1. The van der Waals surface area contributed by atoms with Crippen LogP contribution in [0.2, 0.25) is 0 Å². The summed E-state index contributed by atoms with van der Waals surface area (Å²) in [6.45, 7) is 0.621. The molecule has 2 bridgehead atoms. The molecular formula is C20H24N2O5S. The van der Waals surface area contributed by atoms with Crippen LogP contribution in [0, 0.1) is 11.8 Å². The van der Waals surface area contributed by atoms with Crippen LogP contribution >= 0.6 is 11.8 Å². The number of rotatable bonds is 7. The monoisotopic (exact) mass is 404 g/mol. The van der Waals surface area contributed by atoms with Crippen LogP contribution in [-0.4, -0.2) is 54.4 Å². The molecule has 1 aromatic rings. The fourth-order valence-corrected chi connectivity index (χ4v) is 4.85. The molecule has 4 unspecified atom stereocenters. The maximum absolute atomic E-state index is 12.5. The van der Waals surface area contributed by atoms with Crippen molar-refractivity contribution in [2.75, 3.05) is 24.7 Å². The third-order valence-electron chi connectivity index (χ3n) is 5.70. The molecule has 4 rings (SSSR count). The van der Waals surface area contributed by atoms with Crippen molar-refractivity contribution in [3.8, 4) is 0 Å². The lowest BCUT2D eigenvalue weighted by Crippen LogP contribution is -2.35. The maximum atomic E-state index is 12.5. The van der Waals surface area contributed by atoms with Gasteiger partial charge in [0, 0.05) is 17.1 Å². The number of likely N-dealkylation sites (tertiary alicyclic amines) is 1. The highest BCUT2D eigenvalue weighted by Crippen LogP contribution is 2.48. The highest BCUT2D eigenvalue weighted by Gasteiger charge is 2.62. The van der Waals surface area contributed by atoms with Crippen molar-refractivity contribution in [3.63, 3.8) is 0 Å². The normalized spacial score (nSPS) is 28.0. The van der Waals surface area contributed by atoms with Crippen LogP contribution in [0.5, 0.6) is 0 Å². The number of amides is 3. The van der Waals surface area contributed by atoms with Crippen LogP contribution in [0.3, 0.4) is 0 Å². The number of unbranched alkanes of at least 4 members (excludes halogenated alkanes) is 1. The van der Waals surface area contributed by atoms with E-state index in [1.165, 1.54) is 4.90 Å². The van der Waals surface area contributed by atoms with E-state index in [2.05, 4.69) is 5.32 Å². The number of nitrogens with one attached hydrogen (secondary N) is 1. The van der Waals surface area contributed by atoms with E-state index in [1.807, 2.05) is 24.5 Å². The number of hydrogen-bond donors (Lipinski definition) is 1. The fraction of sp³-hybridized carbons (Fsp3) is 0.550. The minimum Gasteiger partial charge on any atom is -0.449 e. The van der Waals surface area contributed by atoms with Crippen LogP contribution in [0.25, 0.3) is 0 Å². The molecule has 1 aromatic carbocycles. The largest absolute Gasteiger partial charge is 0.449 e. The summed E-state index contributed by atoms with van der Waals surface area (Å²) in [7, 11) is 0. The molecule has 3 amide bonds. The Morgan fingerprint density at radius 1 is 1.21 bits per heavy atom. The van der Waals surface area contributed by atoms with E-state index in [1.54, 1.807) is 17.8 Å². The van der Waals surface area contributed by atoms with Crippen LogP contribution in [0.1, 0.15) is 25.7 Å². The number of benzene rings is 1. The number of carbonyl (C=O) groups is 3. The number of carbonyl (C=O) groups excluding carboxylic acids is 3. The number of thioether (sulfide) groups is 1. The first kappa shape index (κ1) is 19.3. The zero-order valence-corrected chi connectivity index (χ0v) is 16.6. The molecule has 150 valence electrons. The van der Waals surface area contributed by atoms with Crippen molar-refractivity contribution >= 4 is 35.4 Å². The van der Waals surface area contributed by atoms with Gasteiger partial charge in [0.25, 0.3) is 0 Å². The van der Waals surface area contributed by atoms with E-state index in [4.69, 9.17) is 9.47 Å². The third-order valence-corrected chi connectivity index (χ3v) is 6.43. The SMILES string of the molecule is CSc1cccc(NC(=O)OCCCCN2C(=O)C3C4CCC(O4)C3C2=O)c1. The van der Waals surface area contributed by atoms with Crippen molar-refractivity contribution in [2.45, 2.75) is 42.8 Å². The lowest BCUT2D eigenvalue weighted by Gasteiger charge is -2.17. The van der Waals surface area contributed by atoms with E-state index in [9.17, 15) is 14.4 Å². The van der Waals surface area contributed by atoms with Gasteiger partial charge in [0.2, 0.25) is 11.8 Å². The molecule has 0 aromatic heterocycles. The van der Waals surface area contributed by atoms with E-state index in [0.717, 1.165) is 17.7 Å². The number of hydrogen-bond acceptors (Lipinski definition) is 6. The number of ether oxygens (including phenoxy) is 2. The molecule has 1 N–H and O–H groups in total. The van der Waals surface area contributed by atoms with Crippen molar-refractivity contribution in [2.24, 2.45) is 11.8 Å². The Labute approximate surface area is 168 Å². The number of fused-ring (bicyclic) bond motifs is 5. The average Bonchev–Trinajstić information content (AvgIpc) is 3.37. The molecule has 0 aliphatic carbocycles. The van der Waals surface area contributed by atoms with Gasteiger partial charge < -0.3 is 9.47 Å². The number of imide groups is 1. The Morgan fingerprint density at radius 2 is 1.93 bits per heavy atom. The molecule has 3 fully saturated rings. The highest BCUT2D eigenvalue weighted by molar-refractivity contribution is 7.98. The van der Waals surface area contributed by atoms with E-state index in [0.29, 0.717) is 25.1 Å². The Kier molecular flexibility index (Phi) is 5.59. The second-order valence-electron chi connectivity index (χ2n) is 7.37. The molecule has 8 heteroatoms. The molecule has 3 aliphatic rings. The molecule has 4 atom stereocenters. The summed E-state index contributed by atoms with van der Waals surface area (Å²) in [5.41, 5.74) is 0.688. The topological polar surface area (TPSA) is 84.9 Å². The molecule has 0 radical (unpaired) electrons. The lowest BCUT2D eigenvalue weighted by molar-refractivity contribution is -0.142. The second kappa shape index (κ2) is 8.13. The molecule has 3 saturated heterocycles. The van der Waals surface area contributed by atoms with E-state index >= 15 is 0 Å². The Morgan fingerprint density at radius 3 is 2.61 bits per heavy atom. The summed E-state index contributed by atoms with van der Waals surface area (Å²) in [5.74, 6) is -0.722. The fourth-order valence-electron chi connectivity index (χ4n) is 4.39. The highest BCUT2D eigenvalue weighted by atomic mass is 32.2. The summed E-state index contributed by atoms with van der Waals surface area (Å²) >= 11 is 1.60. The zero-order chi connectivity index (χ0) is 19.7. The van der Waals surface area contributed by atoms with Crippen LogP contribution in [-0.2, 0) is 19.1 Å². The number of nitrogens with zero attached hydrogens (tertiary/aromatic N) is 1. The van der Waals surface area contributed by atoms with Crippen LogP contribution in [0.15, 0.2) is 29.2 Å². The Bertz CT molecular complexity index is 758. The second-order valence-corrected chi connectivity index (χ2v) is 8.25. The van der Waals surface area contributed by atoms with Crippen molar-refractivity contribution in [1.29, 1.82) is 0 Å². The quantitative estimate of drug-likeness (QED) is 0.427. The first-order chi connectivity index (χ1) is 13.6. The van der Waals surface area contributed by atoms with Crippen LogP contribution < -0.4 is 5.32 Å². The summed E-state index contributed by atoms with van der Waals surface area (Å²) in [6.07, 6.45) is 4.27. The molecule has 0 spiro atoms. The van der Waals surface area contributed by atoms with E-state index in [-0.39, 0.29) is 42.5 Å². The average molecular weight is 404 g/mol. The minimum absolute atomic E-state index is 0.0758. The van der Waals surface area contributed by atoms with Crippen molar-refractivity contribution in [3.05, 3.63) is 24.3 Å². The van der Waals surface area contributed by atoms with Gasteiger partial charge in [-0.15, -0.1) is 11.8 Å². The van der Waals surface area contributed by atoms with Gasteiger partial charge >= 0.3 is 6.09 Å². The summed E-state index contributed by atoms with van der Waals surface area (Å²) < 4.78 is 10.9. The van der Waals surface area contributed by atoms with Gasteiger partial charge in [0.15, 0.2) is 0 Å². The predicted octanol–water partition coefficient (Wildman–Crippen LogP) is 2.90. The van der Waals surface area contributed by atoms with E-state index < -0.39 is 6.09 Å². The molecule has 7 nitrogen and oxygen atoms in total. The minimum atomic E-state index is -0.505. The lowest BCUT2D eigenvalue weighted by atomic mass is 9.81. The summed E-state index contributed by atoms with van der Waals surface area (Å²) in [5, 5.41) is 2.70. The van der Waals surface area contributed by atoms with Gasteiger partial charge in [0.05, 0.1) is 30.7 Å². The summed E-state index contributed by atoms with van der Waals surface area (Å²) in [6, 6.07) is 7.52. The van der Waals surface area contributed by atoms with Crippen LogP contribution in [0.4, 0.5) is 10.5 Å². The third kappa shape index (κ3) is 3.63. The Hall–Kier alpha value is -2.06. The van der Waals surface area contributed by atoms with Gasteiger partial charge in [-0.2, -0.15) is 0 Å². The van der Waals surface area contributed by atoms with Gasteiger partial charge in [-0.05, 0) is 50.1 Å². The molecule has 3 aliphatic heterocycles. The predicted molar refractivity (Wildman–Crippen MR) is 104 cm³/mol. The van der Waals surface area contributed by atoms with Gasteiger partial charge in [-0.1, -0.05) is 6.07 Å². The first-order valence-corrected chi connectivity index (χ1v) is 10.9. The maximum Gasteiger partial charge on any atom is 0.411 e. The molecule has 28 heavy (non-hydrogen) atoms. The first-order valence-electron chi connectivity index (χ1n) is 9.67. The molecule has 0 saturated carbocycles. The smallest absolute Gasteiger partial charge is 0.411 e. The Balaban J connectivity index is 1.18.